The number of aromatic nitrogens is 2. The van der Waals surface area contributed by atoms with Gasteiger partial charge in [-0.05, 0) is 53.6 Å². The minimum Gasteiger partial charge on any atom is -0.324 e. The molecule has 0 aliphatic heterocycles. The van der Waals surface area contributed by atoms with E-state index in [2.05, 4.69) is 15.3 Å². The summed E-state index contributed by atoms with van der Waals surface area (Å²) in [5.41, 5.74) is 2.85. The molecule has 0 unspecified atom stereocenters. The molecule has 8 nitrogen and oxygen atoms in total. The lowest BCUT2D eigenvalue weighted by Gasteiger charge is -2.08. The summed E-state index contributed by atoms with van der Waals surface area (Å²) in [5.74, 6) is 0.331. The number of benzene rings is 3. The van der Waals surface area contributed by atoms with Gasteiger partial charge in [0.25, 0.3) is 0 Å². The summed E-state index contributed by atoms with van der Waals surface area (Å²) in [6, 6.07) is 18.3. The third-order valence-corrected chi connectivity index (χ3v) is 6.66. The van der Waals surface area contributed by atoms with Crippen molar-refractivity contribution >= 4 is 42.4 Å². The van der Waals surface area contributed by atoms with Crippen LogP contribution < -0.4 is 10.5 Å². The van der Waals surface area contributed by atoms with Crippen molar-refractivity contribution in [1.82, 2.24) is 9.97 Å². The van der Waals surface area contributed by atoms with Gasteiger partial charge in [-0.3, -0.25) is 0 Å². The van der Waals surface area contributed by atoms with Crippen LogP contribution in [0.3, 0.4) is 0 Å². The van der Waals surface area contributed by atoms with Crippen LogP contribution >= 0.6 is 0 Å². The zero-order valence-electron chi connectivity index (χ0n) is 16.3. The van der Waals surface area contributed by atoms with E-state index in [-0.39, 0.29) is 9.79 Å². The number of fused-ring (bicyclic) bond motifs is 1. The Morgan fingerprint density at radius 2 is 1.55 bits per heavy atom. The Bertz CT molecular complexity index is 1500. The number of nitrogens with zero attached hydrogens (tertiary/aromatic N) is 2. The Morgan fingerprint density at radius 3 is 2.23 bits per heavy atom. The fourth-order valence-corrected chi connectivity index (χ4v) is 4.21. The van der Waals surface area contributed by atoms with Crippen LogP contribution in [0.4, 0.5) is 11.6 Å². The summed E-state index contributed by atoms with van der Waals surface area (Å²) in [6.07, 6.45) is 2.84. The molecule has 0 fully saturated rings. The lowest BCUT2D eigenvalue weighted by Crippen LogP contribution is -2.11. The minimum atomic E-state index is -3.76. The highest BCUT2D eigenvalue weighted by Crippen LogP contribution is 2.26. The van der Waals surface area contributed by atoms with Crippen molar-refractivity contribution in [2.45, 2.75) is 9.79 Å². The van der Waals surface area contributed by atoms with Crippen LogP contribution in [0.1, 0.15) is 0 Å². The van der Waals surface area contributed by atoms with Crippen LogP contribution in [-0.2, 0) is 19.9 Å². The topological polar surface area (TPSA) is 132 Å². The molecule has 0 radical (unpaired) electrons. The maximum absolute atomic E-state index is 11.9. The number of hydrogen-bond acceptors (Lipinski definition) is 7. The van der Waals surface area contributed by atoms with Crippen LogP contribution in [0, 0.1) is 0 Å². The van der Waals surface area contributed by atoms with Gasteiger partial charge in [-0.25, -0.2) is 31.9 Å². The van der Waals surface area contributed by atoms with Gasteiger partial charge in [-0.15, -0.1) is 0 Å². The summed E-state index contributed by atoms with van der Waals surface area (Å²) < 4.78 is 46.5. The number of nitrogens with two attached hydrogens (primary N) is 1. The molecule has 0 saturated carbocycles. The summed E-state index contributed by atoms with van der Waals surface area (Å²) >= 11 is 0. The maximum Gasteiger partial charge on any atom is 0.238 e. The number of primary sulfonamides is 1. The van der Waals surface area contributed by atoms with E-state index in [1.807, 2.05) is 24.3 Å². The molecule has 0 aliphatic rings. The Balaban J connectivity index is 1.66. The van der Waals surface area contributed by atoms with Crippen molar-refractivity contribution in [2.24, 2.45) is 5.14 Å². The van der Waals surface area contributed by atoms with E-state index >= 15 is 0 Å². The Kier molecular flexibility index (Phi) is 5.21. The molecule has 10 heteroatoms. The van der Waals surface area contributed by atoms with E-state index < -0.39 is 19.9 Å². The van der Waals surface area contributed by atoms with Crippen molar-refractivity contribution in [1.29, 1.82) is 0 Å². The largest absolute Gasteiger partial charge is 0.324 e. The second kappa shape index (κ2) is 7.73. The second-order valence-corrected chi connectivity index (χ2v) is 10.5. The molecule has 0 aliphatic carbocycles. The molecule has 0 spiro atoms. The van der Waals surface area contributed by atoms with Gasteiger partial charge in [0.1, 0.15) is 0 Å². The third-order valence-electron chi connectivity index (χ3n) is 4.62. The molecule has 3 aromatic carbocycles. The molecule has 1 heterocycles. The molecule has 3 N–H and O–H groups in total. The smallest absolute Gasteiger partial charge is 0.238 e. The number of sulfone groups is 1. The van der Waals surface area contributed by atoms with Gasteiger partial charge >= 0.3 is 0 Å². The van der Waals surface area contributed by atoms with Crippen LogP contribution in [0.5, 0.6) is 0 Å². The zero-order chi connectivity index (χ0) is 22.2. The van der Waals surface area contributed by atoms with Gasteiger partial charge in [0, 0.05) is 23.5 Å². The third kappa shape index (κ3) is 4.71. The summed E-state index contributed by atoms with van der Waals surface area (Å²) in [5, 5.41) is 8.95. The number of anilines is 2. The van der Waals surface area contributed by atoms with Gasteiger partial charge in [0.2, 0.25) is 16.0 Å². The quantitative estimate of drug-likeness (QED) is 0.473. The predicted octanol–water partition coefficient (Wildman–Crippen LogP) is 3.09. The van der Waals surface area contributed by atoms with Crippen molar-refractivity contribution in [3.05, 3.63) is 72.9 Å². The fourth-order valence-electron chi connectivity index (χ4n) is 3.03. The summed E-state index contributed by atoms with van der Waals surface area (Å²) in [6.45, 7) is 0. The van der Waals surface area contributed by atoms with Gasteiger partial charge < -0.3 is 5.32 Å². The van der Waals surface area contributed by atoms with Crippen molar-refractivity contribution in [2.75, 3.05) is 11.6 Å². The molecule has 0 amide bonds. The van der Waals surface area contributed by atoms with E-state index in [1.54, 1.807) is 36.5 Å². The lowest BCUT2D eigenvalue weighted by molar-refractivity contribution is 0.597. The second-order valence-electron chi connectivity index (χ2n) is 6.96. The highest BCUT2D eigenvalue weighted by molar-refractivity contribution is 7.90. The van der Waals surface area contributed by atoms with Gasteiger partial charge in [0.05, 0.1) is 15.3 Å². The van der Waals surface area contributed by atoms with Gasteiger partial charge in [-0.1, -0.05) is 24.3 Å². The minimum absolute atomic E-state index is 0.0124. The molecule has 0 atom stereocenters. The molecular formula is C21H18N4O4S2. The average Bonchev–Trinajstić information content (AvgIpc) is 2.72. The lowest BCUT2D eigenvalue weighted by atomic mass is 10.0. The van der Waals surface area contributed by atoms with Crippen LogP contribution in [0.25, 0.3) is 22.0 Å². The van der Waals surface area contributed by atoms with Crippen molar-refractivity contribution in [3.63, 3.8) is 0 Å². The molecular weight excluding hydrogens is 436 g/mol. The first-order chi connectivity index (χ1) is 14.6. The Morgan fingerprint density at radius 1 is 0.839 bits per heavy atom. The number of nitrogens with one attached hydrogen (secondary N) is 1. The highest BCUT2D eigenvalue weighted by Gasteiger charge is 2.10. The number of sulfonamides is 1. The van der Waals surface area contributed by atoms with Crippen molar-refractivity contribution < 1.29 is 16.8 Å². The van der Waals surface area contributed by atoms with E-state index in [0.29, 0.717) is 17.2 Å². The normalized spacial score (nSPS) is 12.1. The molecule has 0 bridgehead atoms. The first kappa shape index (κ1) is 20.9. The molecule has 158 valence electrons. The van der Waals surface area contributed by atoms with E-state index in [4.69, 9.17) is 5.14 Å². The SMILES string of the molecule is CS(=O)(=O)c1cccc(-c2ccc3cnc(Nc4ccc(S(N)(=O)=O)cc4)nc3c2)c1. The van der Waals surface area contributed by atoms with E-state index in [9.17, 15) is 16.8 Å². The predicted molar refractivity (Wildman–Crippen MR) is 119 cm³/mol. The summed E-state index contributed by atoms with van der Waals surface area (Å²) in [4.78, 5) is 9.05. The van der Waals surface area contributed by atoms with Gasteiger partial charge in [-0.2, -0.15) is 0 Å². The number of hydrogen-bond donors (Lipinski definition) is 2. The fraction of sp³-hybridized carbons (Fsp3) is 0.0476. The maximum atomic E-state index is 11.9. The molecule has 0 saturated heterocycles. The Labute approximate surface area is 179 Å². The molecule has 4 rings (SSSR count). The van der Waals surface area contributed by atoms with Gasteiger partial charge in [0.15, 0.2) is 9.84 Å². The zero-order valence-corrected chi connectivity index (χ0v) is 18.0. The average molecular weight is 455 g/mol. The van der Waals surface area contributed by atoms with E-state index in [1.165, 1.54) is 18.4 Å². The molecule has 4 aromatic rings. The highest BCUT2D eigenvalue weighted by atomic mass is 32.2. The Hall–Kier alpha value is -3.34. The first-order valence-electron chi connectivity index (χ1n) is 9.07. The monoisotopic (exact) mass is 454 g/mol. The van der Waals surface area contributed by atoms with Crippen LogP contribution in [-0.4, -0.2) is 33.1 Å². The summed E-state index contributed by atoms with van der Waals surface area (Å²) in [7, 11) is -7.07. The first-order valence-corrected chi connectivity index (χ1v) is 12.5. The molecule has 31 heavy (non-hydrogen) atoms. The van der Waals surface area contributed by atoms with Crippen LogP contribution in [0.15, 0.2) is 82.7 Å². The molecule has 1 aromatic heterocycles. The van der Waals surface area contributed by atoms with E-state index in [0.717, 1.165) is 16.5 Å². The van der Waals surface area contributed by atoms with Crippen LogP contribution in [0.2, 0.25) is 0 Å². The standard InChI is InChI=1S/C21H18N4O4S2/c1-30(26,27)19-4-2-3-14(11-19)15-5-6-16-13-23-21(25-20(16)12-15)24-17-7-9-18(10-8-17)31(22,28)29/h2-13H,1H3,(H2,22,28,29)(H,23,24,25). The van der Waals surface area contributed by atoms with Crippen molar-refractivity contribution in [3.8, 4) is 11.1 Å². The number of rotatable bonds is 5.